The van der Waals surface area contributed by atoms with E-state index in [4.69, 9.17) is 4.74 Å². The fraction of sp³-hybridized carbons (Fsp3) is 0.375. The SMILES string of the molecule is COc1ccc([C@H]2NC(=O)NC(C(C)(C)C)=C2C#N)cc1. The molecule has 5 nitrogen and oxygen atoms in total. The van der Waals surface area contributed by atoms with Crippen LogP contribution in [0.25, 0.3) is 0 Å². The zero-order valence-electron chi connectivity index (χ0n) is 12.7. The molecule has 1 aliphatic rings. The Morgan fingerprint density at radius 3 is 2.33 bits per heavy atom. The Morgan fingerprint density at radius 2 is 1.86 bits per heavy atom. The van der Waals surface area contributed by atoms with Crippen molar-refractivity contribution in [3.05, 3.63) is 41.1 Å². The molecule has 0 unspecified atom stereocenters. The van der Waals surface area contributed by atoms with Crippen LogP contribution in [0.15, 0.2) is 35.5 Å². The largest absolute Gasteiger partial charge is 0.497 e. The normalized spacial score (nSPS) is 18.6. The lowest BCUT2D eigenvalue weighted by molar-refractivity contribution is 0.235. The van der Waals surface area contributed by atoms with E-state index in [-0.39, 0.29) is 11.4 Å². The number of benzene rings is 1. The summed E-state index contributed by atoms with van der Waals surface area (Å²) >= 11 is 0. The molecule has 0 aliphatic carbocycles. The van der Waals surface area contributed by atoms with E-state index in [1.165, 1.54) is 0 Å². The first kappa shape index (κ1) is 14.9. The van der Waals surface area contributed by atoms with Crippen molar-refractivity contribution in [2.45, 2.75) is 26.8 Å². The summed E-state index contributed by atoms with van der Waals surface area (Å²) in [4.78, 5) is 11.9. The molecular weight excluding hydrogens is 266 g/mol. The van der Waals surface area contributed by atoms with Gasteiger partial charge in [0.1, 0.15) is 5.75 Å². The number of nitriles is 1. The molecule has 0 radical (unpaired) electrons. The van der Waals surface area contributed by atoms with Crippen LogP contribution in [0.2, 0.25) is 0 Å². The molecule has 2 N–H and O–H groups in total. The summed E-state index contributed by atoms with van der Waals surface area (Å²) in [7, 11) is 1.60. The zero-order valence-corrected chi connectivity index (χ0v) is 12.7. The molecule has 2 amide bonds. The molecule has 1 aliphatic heterocycles. The number of nitrogens with zero attached hydrogens (tertiary/aromatic N) is 1. The van der Waals surface area contributed by atoms with Crippen LogP contribution in [0.4, 0.5) is 4.79 Å². The monoisotopic (exact) mass is 285 g/mol. The second-order valence-corrected chi connectivity index (χ2v) is 5.96. The summed E-state index contributed by atoms with van der Waals surface area (Å²) in [5.74, 6) is 0.734. The predicted molar refractivity (Wildman–Crippen MR) is 79.5 cm³/mol. The van der Waals surface area contributed by atoms with Crippen LogP contribution in [-0.4, -0.2) is 13.1 Å². The van der Waals surface area contributed by atoms with Gasteiger partial charge in [-0.25, -0.2) is 4.79 Å². The Balaban J connectivity index is 2.50. The summed E-state index contributed by atoms with van der Waals surface area (Å²) in [6.07, 6.45) is 0. The van der Waals surface area contributed by atoms with Crippen molar-refractivity contribution in [3.63, 3.8) is 0 Å². The second-order valence-electron chi connectivity index (χ2n) is 5.96. The maximum absolute atomic E-state index is 11.9. The van der Waals surface area contributed by atoms with E-state index in [1.807, 2.05) is 45.0 Å². The maximum atomic E-state index is 11.9. The average molecular weight is 285 g/mol. The van der Waals surface area contributed by atoms with E-state index < -0.39 is 6.04 Å². The van der Waals surface area contributed by atoms with Crippen LogP contribution >= 0.6 is 0 Å². The number of carbonyl (C=O) groups excluding carboxylic acids is 1. The quantitative estimate of drug-likeness (QED) is 0.877. The molecule has 110 valence electrons. The second kappa shape index (κ2) is 5.49. The molecule has 1 aromatic carbocycles. The maximum Gasteiger partial charge on any atom is 0.319 e. The van der Waals surface area contributed by atoms with Gasteiger partial charge < -0.3 is 15.4 Å². The van der Waals surface area contributed by atoms with E-state index in [9.17, 15) is 10.1 Å². The lowest BCUT2D eigenvalue weighted by Gasteiger charge is -2.33. The van der Waals surface area contributed by atoms with Crippen LogP contribution in [0.5, 0.6) is 5.75 Å². The topological polar surface area (TPSA) is 74.2 Å². The highest BCUT2D eigenvalue weighted by atomic mass is 16.5. The van der Waals surface area contributed by atoms with Gasteiger partial charge in [0.15, 0.2) is 0 Å². The van der Waals surface area contributed by atoms with Crippen LogP contribution in [0, 0.1) is 16.7 Å². The summed E-state index contributed by atoms with van der Waals surface area (Å²) in [6.45, 7) is 5.91. The number of rotatable bonds is 2. The van der Waals surface area contributed by atoms with Gasteiger partial charge in [0, 0.05) is 11.1 Å². The number of ether oxygens (including phenoxy) is 1. The number of amides is 2. The zero-order chi connectivity index (χ0) is 15.6. The van der Waals surface area contributed by atoms with Gasteiger partial charge in [-0.1, -0.05) is 32.9 Å². The number of methoxy groups -OCH3 is 1. The first-order chi connectivity index (χ1) is 9.86. The van der Waals surface area contributed by atoms with Crippen LogP contribution < -0.4 is 15.4 Å². The third-order valence-corrected chi connectivity index (χ3v) is 3.39. The minimum Gasteiger partial charge on any atom is -0.497 e. The highest BCUT2D eigenvalue weighted by Gasteiger charge is 2.33. The van der Waals surface area contributed by atoms with Crippen molar-refractivity contribution in [3.8, 4) is 11.8 Å². The van der Waals surface area contributed by atoms with Crippen molar-refractivity contribution < 1.29 is 9.53 Å². The Morgan fingerprint density at radius 1 is 1.24 bits per heavy atom. The van der Waals surface area contributed by atoms with Gasteiger partial charge in [0.05, 0.1) is 24.8 Å². The molecule has 5 heteroatoms. The highest BCUT2D eigenvalue weighted by Crippen LogP contribution is 2.34. The standard InChI is InChI=1S/C16H19N3O2/c1-16(2,3)14-12(9-17)13(18-15(20)19-14)10-5-7-11(21-4)8-6-10/h5-8,13H,1-4H3,(H2,18,19,20)/t13-/m1/s1. The lowest BCUT2D eigenvalue weighted by atomic mass is 9.84. The molecule has 2 rings (SSSR count). The van der Waals surface area contributed by atoms with Gasteiger partial charge >= 0.3 is 6.03 Å². The molecule has 1 atom stereocenters. The fourth-order valence-electron chi connectivity index (χ4n) is 2.32. The summed E-state index contributed by atoms with van der Waals surface area (Å²) in [5, 5.41) is 15.1. The molecule has 0 saturated heterocycles. The number of hydrogen-bond acceptors (Lipinski definition) is 3. The van der Waals surface area contributed by atoms with E-state index in [0.717, 1.165) is 11.3 Å². The highest BCUT2D eigenvalue weighted by molar-refractivity contribution is 5.80. The predicted octanol–water partition coefficient (Wildman–Crippen LogP) is 2.87. The number of allylic oxidation sites excluding steroid dienone is 1. The van der Waals surface area contributed by atoms with Gasteiger partial charge in [0.25, 0.3) is 0 Å². The summed E-state index contributed by atoms with van der Waals surface area (Å²) in [5.41, 5.74) is 1.74. The van der Waals surface area contributed by atoms with Crippen LogP contribution in [0.3, 0.4) is 0 Å². The molecule has 0 fully saturated rings. The molecule has 0 bridgehead atoms. The molecule has 1 aromatic rings. The van der Waals surface area contributed by atoms with Crippen molar-refractivity contribution in [2.24, 2.45) is 5.41 Å². The van der Waals surface area contributed by atoms with Crippen LogP contribution in [-0.2, 0) is 0 Å². The first-order valence-corrected chi connectivity index (χ1v) is 6.73. The minimum atomic E-state index is -0.441. The summed E-state index contributed by atoms with van der Waals surface area (Å²) in [6, 6.07) is 8.83. The molecule has 1 heterocycles. The van der Waals surface area contributed by atoms with Crippen molar-refractivity contribution >= 4 is 6.03 Å². The fourth-order valence-corrected chi connectivity index (χ4v) is 2.32. The minimum absolute atomic E-state index is 0.292. The van der Waals surface area contributed by atoms with Gasteiger partial charge in [-0.3, -0.25) is 0 Å². The van der Waals surface area contributed by atoms with E-state index in [2.05, 4.69) is 16.7 Å². The lowest BCUT2D eigenvalue weighted by Crippen LogP contribution is -2.46. The van der Waals surface area contributed by atoms with Crippen LogP contribution in [0.1, 0.15) is 32.4 Å². The Hall–Kier alpha value is -2.48. The van der Waals surface area contributed by atoms with E-state index >= 15 is 0 Å². The third-order valence-electron chi connectivity index (χ3n) is 3.39. The molecule has 0 spiro atoms. The first-order valence-electron chi connectivity index (χ1n) is 6.73. The van der Waals surface area contributed by atoms with Gasteiger partial charge in [-0.15, -0.1) is 0 Å². The van der Waals surface area contributed by atoms with Gasteiger partial charge in [-0.05, 0) is 17.7 Å². The van der Waals surface area contributed by atoms with Gasteiger partial charge in [0.2, 0.25) is 0 Å². The molecule has 0 aromatic heterocycles. The Labute approximate surface area is 124 Å². The molecule has 0 saturated carbocycles. The van der Waals surface area contributed by atoms with Crippen molar-refractivity contribution in [2.75, 3.05) is 7.11 Å². The van der Waals surface area contributed by atoms with E-state index in [1.54, 1.807) is 7.11 Å². The number of carbonyl (C=O) groups is 1. The average Bonchev–Trinajstić information content (AvgIpc) is 2.45. The number of nitrogens with one attached hydrogen (secondary N) is 2. The van der Waals surface area contributed by atoms with Crippen molar-refractivity contribution in [1.29, 1.82) is 5.26 Å². The van der Waals surface area contributed by atoms with Crippen molar-refractivity contribution in [1.82, 2.24) is 10.6 Å². The van der Waals surface area contributed by atoms with Gasteiger partial charge in [-0.2, -0.15) is 5.26 Å². The Bertz CT molecular complexity index is 618. The molecular formula is C16H19N3O2. The third kappa shape index (κ3) is 3.00. The number of urea groups is 1. The molecule has 21 heavy (non-hydrogen) atoms. The van der Waals surface area contributed by atoms with E-state index in [0.29, 0.717) is 11.3 Å². The smallest absolute Gasteiger partial charge is 0.319 e. The summed E-state index contributed by atoms with van der Waals surface area (Å²) < 4.78 is 5.13. The Kier molecular flexibility index (Phi) is 3.90. The number of hydrogen-bond donors (Lipinski definition) is 2.